The highest BCUT2D eigenvalue weighted by atomic mass is 32.2. The first-order valence-electron chi connectivity index (χ1n) is 5.81. The second-order valence-corrected chi connectivity index (χ2v) is 6.00. The Kier molecular flexibility index (Phi) is 4.46. The molecule has 0 spiro atoms. The van der Waals surface area contributed by atoms with Gasteiger partial charge in [-0.15, -0.1) is 0 Å². The Morgan fingerprint density at radius 3 is 2.80 bits per heavy atom. The van der Waals surface area contributed by atoms with Crippen LogP contribution in [0.15, 0.2) is 27.4 Å². The van der Waals surface area contributed by atoms with Crippen LogP contribution in [0, 0.1) is 10.1 Å². The number of hydrogen-bond acceptors (Lipinski definition) is 7. The van der Waals surface area contributed by atoms with Crippen molar-refractivity contribution in [3.05, 3.63) is 39.7 Å². The lowest BCUT2D eigenvalue weighted by Gasteiger charge is -2.02. The number of carbonyl (C=O) groups excluding carboxylic acids is 1. The molecule has 2 rings (SSSR count). The maximum atomic E-state index is 11.5. The van der Waals surface area contributed by atoms with Crippen molar-refractivity contribution in [1.82, 2.24) is 9.36 Å². The van der Waals surface area contributed by atoms with E-state index < -0.39 is 4.92 Å². The van der Waals surface area contributed by atoms with Gasteiger partial charge in [0.25, 0.3) is 5.69 Å². The minimum absolute atomic E-state index is 0.111. The number of nitro benzene ring substituents is 1. The molecule has 104 valence electrons. The smallest absolute Gasteiger partial charge is 0.280 e. The Morgan fingerprint density at radius 1 is 1.50 bits per heavy atom. The minimum Gasteiger partial charge on any atom is -0.294 e. The molecule has 1 heterocycles. The Bertz CT molecular complexity index is 670. The first-order valence-corrected chi connectivity index (χ1v) is 7.40. The molecule has 0 saturated carbocycles. The summed E-state index contributed by atoms with van der Waals surface area (Å²) in [7, 11) is 0. The third-order valence-corrected chi connectivity index (χ3v) is 4.29. The topological polar surface area (TPSA) is 86.0 Å². The van der Waals surface area contributed by atoms with Gasteiger partial charge in [-0.25, -0.2) is 4.98 Å². The summed E-state index contributed by atoms with van der Waals surface area (Å²) in [5.74, 6) is 0.442. The lowest BCUT2D eigenvalue weighted by atomic mass is 10.1. The summed E-state index contributed by atoms with van der Waals surface area (Å²) in [5.41, 5.74) is -0.0615. The fraction of sp³-hybridized carbons (Fsp3) is 0.250. The van der Waals surface area contributed by atoms with Gasteiger partial charge in [-0.3, -0.25) is 14.9 Å². The van der Waals surface area contributed by atoms with Gasteiger partial charge in [0.2, 0.25) is 0 Å². The van der Waals surface area contributed by atoms with Crippen molar-refractivity contribution in [2.24, 2.45) is 0 Å². The van der Waals surface area contributed by atoms with Crippen molar-refractivity contribution in [3.8, 4) is 0 Å². The van der Waals surface area contributed by atoms with Crippen molar-refractivity contribution in [1.29, 1.82) is 0 Å². The molecule has 0 N–H and O–H groups in total. The van der Waals surface area contributed by atoms with E-state index in [2.05, 4.69) is 9.36 Å². The van der Waals surface area contributed by atoms with E-state index >= 15 is 0 Å². The van der Waals surface area contributed by atoms with Crippen LogP contribution in [0.3, 0.4) is 0 Å². The van der Waals surface area contributed by atoms with Gasteiger partial charge in [-0.1, -0.05) is 18.7 Å². The first-order chi connectivity index (χ1) is 9.51. The standard InChI is InChI=1S/C12H11N3O3S2/c1-3-11-13-12(20-14-11)19-8-4-5-10(15(17)18)9(6-8)7(2)16/h4-6H,3H2,1-2H3. The number of Topliss-reactive ketones (excluding diaryl/α,β-unsaturated/α-hetero) is 1. The lowest BCUT2D eigenvalue weighted by molar-refractivity contribution is -0.385. The molecule has 1 aromatic carbocycles. The number of aryl methyl sites for hydroxylation is 1. The van der Waals surface area contributed by atoms with Gasteiger partial charge in [0, 0.05) is 17.4 Å². The summed E-state index contributed by atoms with van der Waals surface area (Å²) in [5, 5.41) is 10.9. The van der Waals surface area contributed by atoms with Crippen molar-refractivity contribution in [3.63, 3.8) is 0 Å². The number of ketones is 1. The van der Waals surface area contributed by atoms with Crippen LogP contribution in [0.2, 0.25) is 0 Å². The highest BCUT2D eigenvalue weighted by Crippen LogP contribution is 2.32. The number of carbonyl (C=O) groups is 1. The Hall–Kier alpha value is -1.80. The summed E-state index contributed by atoms with van der Waals surface area (Å²) < 4.78 is 4.92. The van der Waals surface area contributed by atoms with E-state index in [4.69, 9.17) is 0 Å². The Balaban J connectivity index is 2.31. The van der Waals surface area contributed by atoms with Crippen LogP contribution in [0.5, 0.6) is 0 Å². The van der Waals surface area contributed by atoms with Gasteiger partial charge in [-0.05, 0) is 30.6 Å². The van der Waals surface area contributed by atoms with Crippen LogP contribution < -0.4 is 0 Å². The molecule has 0 unspecified atom stereocenters. The van der Waals surface area contributed by atoms with Gasteiger partial charge in [0.1, 0.15) is 5.82 Å². The van der Waals surface area contributed by atoms with Gasteiger partial charge in [0.05, 0.1) is 10.5 Å². The molecule has 1 aromatic heterocycles. The van der Waals surface area contributed by atoms with E-state index in [1.165, 1.54) is 42.4 Å². The third-order valence-electron chi connectivity index (χ3n) is 2.51. The molecule has 0 aliphatic rings. The van der Waals surface area contributed by atoms with Gasteiger partial charge in [-0.2, -0.15) is 4.37 Å². The molecule has 0 radical (unpaired) electrons. The average Bonchev–Trinajstić information content (AvgIpc) is 2.86. The molecule has 0 amide bonds. The van der Waals surface area contributed by atoms with E-state index in [1.54, 1.807) is 6.07 Å². The minimum atomic E-state index is -0.550. The maximum absolute atomic E-state index is 11.5. The second-order valence-electron chi connectivity index (χ2n) is 3.92. The van der Waals surface area contributed by atoms with Gasteiger partial charge >= 0.3 is 0 Å². The fourth-order valence-corrected chi connectivity index (χ4v) is 3.26. The number of nitrogens with zero attached hydrogens (tertiary/aromatic N) is 3. The molecule has 0 bridgehead atoms. The first kappa shape index (κ1) is 14.6. The van der Waals surface area contributed by atoms with Crippen LogP contribution in [0.4, 0.5) is 5.69 Å². The fourth-order valence-electron chi connectivity index (χ4n) is 1.54. The predicted octanol–water partition coefficient (Wildman–Crippen LogP) is 3.36. The van der Waals surface area contributed by atoms with E-state index in [-0.39, 0.29) is 17.0 Å². The average molecular weight is 309 g/mol. The number of hydrogen-bond donors (Lipinski definition) is 0. The molecule has 0 aliphatic heterocycles. The number of benzene rings is 1. The zero-order valence-electron chi connectivity index (χ0n) is 10.8. The lowest BCUT2D eigenvalue weighted by Crippen LogP contribution is -2.00. The summed E-state index contributed by atoms with van der Waals surface area (Å²) in [6.45, 7) is 3.28. The molecule has 2 aromatic rings. The SMILES string of the molecule is CCc1nsc(Sc2ccc([N+](=O)[O-])c(C(C)=O)c2)n1. The van der Waals surface area contributed by atoms with Crippen LogP contribution >= 0.6 is 23.3 Å². The van der Waals surface area contributed by atoms with Crippen LogP contribution in [-0.4, -0.2) is 20.1 Å². The van der Waals surface area contributed by atoms with Crippen LogP contribution in [0.25, 0.3) is 0 Å². The molecule has 8 heteroatoms. The van der Waals surface area contributed by atoms with Crippen molar-refractivity contribution < 1.29 is 9.72 Å². The predicted molar refractivity (Wildman–Crippen MR) is 76.5 cm³/mol. The molecule has 0 aliphatic carbocycles. The summed E-state index contributed by atoms with van der Waals surface area (Å²) in [6, 6.07) is 4.49. The Labute approximate surface area is 123 Å². The number of aromatic nitrogens is 2. The molecular formula is C12H11N3O3S2. The maximum Gasteiger partial charge on any atom is 0.280 e. The molecule has 0 saturated heterocycles. The van der Waals surface area contributed by atoms with Gasteiger partial charge < -0.3 is 0 Å². The second kappa shape index (κ2) is 6.10. The normalized spacial score (nSPS) is 10.5. The Morgan fingerprint density at radius 2 is 2.25 bits per heavy atom. The third kappa shape index (κ3) is 3.20. The quantitative estimate of drug-likeness (QED) is 0.478. The molecule has 0 atom stereocenters. The summed E-state index contributed by atoms with van der Waals surface area (Å²) in [6.07, 6.45) is 0.760. The number of rotatable bonds is 5. The van der Waals surface area contributed by atoms with E-state index in [0.29, 0.717) is 0 Å². The highest BCUT2D eigenvalue weighted by molar-refractivity contribution is 8.01. The summed E-state index contributed by atoms with van der Waals surface area (Å²) in [4.78, 5) is 26.8. The van der Waals surface area contributed by atoms with Crippen LogP contribution in [-0.2, 0) is 6.42 Å². The molecule has 0 fully saturated rings. The monoisotopic (exact) mass is 309 g/mol. The molecular weight excluding hydrogens is 298 g/mol. The van der Waals surface area contributed by atoms with E-state index in [1.807, 2.05) is 6.92 Å². The van der Waals surface area contributed by atoms with Crippen molar-refractivity contribution in [2.45, 2.75) is 29.5 Å². The van der Waals surface area contributed by atoms with Crippen molar-refractivity contribution >= 4 is 34.8 Å². The molecule has 6 nitrogen and oxygen atoms in total. The number of nitro groups is 1. The zero-order chi connectivity index (χ0) is 14.7. The van der Waals surface area contributed by atoms with Gasteiger partial charge in [0.15, 0.2) is 10.1 Å². The van der Waals surface area contributed by atoms with Crippen LogP contribution in [0.1, 0.15) is 30.0 Å². The molecule has 20 heavy (non-hydrogen) atoms. The highest BCUT2D eigenvalue weighted by Gasteiger charge is 2.18. The zero-order valence-corrected chi connectivity index (χ0v) is 12.5. The van der Waals surface area contributed by atoms with E-state index in [9.17, 15) is 14.9 Å². The van der Waals surface area contributed by atoms with Crippen molar-refractivity contribution in [2.75, 3.05) is 0 Å². The summed E-state index contributed by atoms with van der Waals surface area (Å²) >= 11 is 2.62. The largest absolute Gasteiger partial charge is 0.294 e. The van der Waals surface area contributed by atoms with E-state index in [0.717, 1.165) is 21.5 Å².